The number of rotatable bonds is 4. The van der Waals surface area contributed by atoms with Crippen molar-refractivity contribution in [3.63, 3.8) is 0 Å². The number of fused-ring (bicyclic) bond motifs is 1. The summed E-state index contributed by atoms with van der Waals surface area (Å²) in [6, 6.07) is 0. The van der Waals surface area contributed by atoms with Gasteiger partial charge in [0.1, 0.15) is 6.61 Å². The highest BCUT2D eigenvalue weighted by Crippen LogP contribution is 2.32. The Morgan fingerprint density at radius 1 is 1.11 bits per heavy atom. The molecule has 0 N–H and O–H groups in total. The van der Waals surface area contributed by atoms with Crippen LogP contribution in [0, 0.1) is 20.8 Å². The van der Waals surface area contributed by atoms with Crippen molar-refractivity contribution in [1.29, 1.82) is 0 Å². The lowest BCUT2D eigenvalue weighted by Crippen LogP contribution is -2.32. The lowest BCUT2D eigenvalue weighted by molar-refractivity contribution is 0.151. The quantitative estimate of drug-likeness (QED) is 0.696. The third kappa shape index (κ3) is 3.28. The van der Waals surface area contributed by atoms with Crippen molar-refractivity contribution >= 4 is 5.82 Å². The molecule has 0 aromatic carbocycles. The predicted molar refractivity (Wildman–Crippen MR) is 99.2 cm³/mol. The maximum atomic E-state index is 5.28. The van der Waals surface area contributed by atoms with E-state index in [1.807, 2.05) is 27.0 Å². The number of ether oxygens (including phenoxy) is 1. The molecule has 8 nitrogen and oxygen atoms in total. The maximum absolute atomic E-state index is 5.28. The molecule has 0 saturated heterocycles. The van der Waals surface area contributed by atoms with Gasteiger partial charge in [-0.2, -0.15) is 4.98 Å². The van der Waals surface area contributed by atoms with Crippen LogP contribution >= 0.6 is 0 Å². The first-order valence-corrected chi connectivity index (χ1v) is 8.91. The molecular formula is C19H22N6O2. The molecule has 3 aromatic heterocycles. The molecule has 1 aliphatic heterocycles. The first-order valence-electron chi connectivity index (χ1n) is 8.91. The first kappa shape index (κ1) is 17.5. The number of methoxy groups -OCH3 is 1. The number of hydrogen-bond acceptors (Lipinski definition) is 8. The lowest BCUT2D eigenvalue weighted by Gasteiger charge is -2.31. The van der Waals surface area contributed by atoms with E-state index in [9.17, 15) is 0 Å². The number of hydrogen-bond donors (Lipinski definition) is 0. The fourth-order valence-electron chi connectivity index (χ4n) is 3.49. The van der Waals surface area contributed by atoms with Crippen LogP contribution in [0.4, 0.5) is 5.82 Å². The van der Waals surface area contributed by atoms with Crippen molar-refractivity contribution in [3.05, 3.63) is 46.5 Å². The zero-order valence-corrected chi connectivity index (χ0v) is 16.0. The van der Waals surface area contributed by atoms with Gasteiger partial charge in [0.2, 0.25) is 5.82 Å². The van der Waals surface area contributed by atoms with Gasteiger partial charge in [0.25, 0.3) is 5.89 Å². The Balaban J connectivity index is 1.70. The molecule has 140 valence electrons. The van der Waals surface area contributed by atoms with Crippen molar-refractivity contribution in [3.8, 4) is 11.4 Å². The second kappa shape index (κ2) is 7.03. The Labute approximate surface area is 157 Å². The number of aromatic nitrogens is 5. The van der Waals surface area contributed by atoms with Gasteiger partial charge in [-0.05, 0) is 38.3 Å². The minimum Gasteiger partial charge on any atom is -0.375 e. The van der Waals surface area contributed by atoms with Gasteiger partial charge in [-0.25, -0.2) is 4.98 Å². The molecular weight excluding hydrogens is 344 g/mol. The van der Waals surface area contributed by atoms with E-state index in [4.69, 9.17) is 9.26 Å². The van der Waals surface area contributed by atoms with Crippen molar-refractivity contribution in [2.45, 2.75) is 40.3 Å². The Kier molecular flexibility index (Phi) is 4.57. The first-order chi connectivity index (χ1) is 13.1. The number of anilines is 1. The fourth-order valence-corrected chi connectivity index (χ4v) is 3.49. The minimum absolute atomic E-state index is 0.299. The molecule has 0 fully saturated rings. The van der Waals surface area contributed by atoms with Crippen LogP contribution in [0.15, 0.2) is 16.9 Å². The fraction of sp³-hybridized carbons (Fsp3) is 0.421. The molecule has 0 bridgehead atoms. The van der Waals surface area contributed by atoms with E-state index in [-0.39, 0.29) is 0 Å². The second-order valence-electron chi connectivity index (χ2n) is 6.76. The van der Waals surface area contributed by atoms with E-state index in [0.717, 1.165) is 53.5 Å². The Hall–Kier alpha value is -2.87. The summed E-state index contributed by atoms with van der Waals surface area (Å²) in [5, 5.41) is 4.13. The van der Waals surface area contributed by atoms with Crippen molar-refractivity contribution in [2.75, 3.05) is 18.6 Å². The van der Waals surface area contributed by atoms with Crippen LogP contribution < -0.4 is 4.90 Å². The van der Waals surface area contributed by atoms with Gasteiger partial charge in [-0.1, -0.05) is 5.16 Å². The molecule has 8 heteroatoms. The van der Waals surface area contributed by atoms with Crippen LogP contribution in [0.5, 0.6) is 0 Å². The van der Waals surface area contributed by atoms with Crippen LogP contribution in [-0.4, -0.2) is 38.7 Å². The monoisotopic (exact) mass is 366 g/mol. The summed E-state index contributed by atoms with van der Waals surface area (Å²) < 4.78 is 10.4. The molecule has 0 spiro atoms. The van der Waals surface area contributed by atoms with E-state index >= 15 is 0 Å². The van der Waals surface area contributed by atoms with Crippen molar-refractivity contribution in [2.24, 2.45) is 0 Å². The largest absolute Gasteiger partial charge is 0.375 e. The average Bonchev–Trinajstić information content (AvgIpc) is 3.11. The van der Waals surface area contributed by atoms with Gasteiger partial charge in [-0.15, -0.1) is 0 Å². The summed E-state index contributed by atoms with van der Waals surface area (Å²) in [7, 11) is 1.60. The smallest absolute Gasteiger partial charge is 0.252 e. The topological polar surface area (TPSA) is 90.1 Å². The molecule has 4 rings (SSSR count). The number of nitrogens with zero attached hydrogens (tertiary/aromatic N) is 6. The van der Waals surface area contributed by atoms with E-state index < -0.39 is 0 Å². The second-order valence-corrected chi connectivity index (χ2v) is 6.76. The molecule has 1 aliphatic rings. The standard InChI is InChI=1S/C19H22N6O2/c1-11-7-20-13(3)19(22-11)25-6-5-15-14(9-25)8-21-12(2)17(15)18-23-16(10-26-4)27-24-18/h7-8H,5-6,9-10H2,1-4H3. The zero-order valence-electron chi connectivity index (χ0n) is 16.0. The lowest BCUT2D eigenvalue weighted by atomic mass is 9.94. The van der Waals surface area contributed by atoms with Crippen molar-refractivity contribution < 1.29 is 9.26 Å². The molecule has 0 unspecified atom stereocenters. The maximum Gasteiger partial charge on any atom is 0.252 e. The Bertz CT molecular complexity index is 984. The summed E-state index contributed by atoms with van der Waals surface area (Å²) in [5.74, 6) is 1.97. The number of pyridine rings is 1. The third-order valence-corrected chi connectivity index (χ3v) is 4.77. The Morgan fingerprint density at radius 2 is 1.93 bits per heavy atom. The highest BCUT2D eigenvalue weighted by molar-refractivity contribution is 5.66. The zero-order chi connectivity index (χ0) is 19.0. The van der Waals surface area contributed by atoms with Gasteiger partial charge < -0.3 is 14.2 Å². The predicted octanol–water partition coefficient (Wildman–Crippen LogP) is 2.56. The van der Waals surface area contributed by atoms with E-state index in [2.05, 4.69) is 30.0 Å². The van der Waals surface area contributed by atoms with E-state index in [1.54, 1.807) is 13.3 Å². The van der Waals surface area contributed by atoms with Crippen LogP contribution in [0.2, 0.25) is 0 Å². The normalized spacial score (nSPS) is 13.7. The van der Waals surface area contributed by atoms with Gasteiger partial charge in [0, 0.05) is 43.9 Å². The van der Waals surface area contributed by atoms with Crippen LogP contribution in [0.25, 0.3) is 11.4 Å². The molecule has 4 heterocycles. The summed E-state index contributed by atoms with van der Waals surface area (Å²) in [6.45, 7) is 7.82. The molecule has 27 heavy (non-hydrogen) atoms. The molecule has 0 radical (unpaired) electrons. The third-order valence-electron chi connectivity index (χ3n) is 4.77. The van der Waals surface area contributed by atoms with Crippen molar-refractivity contribution in [1.82, 2.24) is 25.1 Å². The average molecular weight is 366 g/mol. The summed E-state index contributed by atoms with van der Waals surface area (Å²) in [4.78, 5) is 20.4. The molecule has 0 atom stereocenters. The summed E-state index contributed by atoms with van der Waals surface area (Å²) >= 11 is 0. The molecule has 0 amide bonds. The number of aryl methyl sites for hydroxylation is 3. The van der Waals surface area contributed by atoms with Crippen LogP contribution in [0.1, 0.15) is 34.1 Å². The molecule has 0 aliphatic carbocycles. The van der Waals surface area contributed by atoms with Crippen LogP contribution in [-0.2, 0) is 24.3 Å². The Morgan fingerprint density at radius 3 is 2.74 bits per heavy atom. The SMILES string of the molecule is COCc1nc(-c2c(C)ncc3c2CCN(c2nc(C)cnc2C)C3)no1. The minimum atomic E-state index is 0.299. The van der Waals surface area contributed by atoms with Gasteiger partial charge in [0.15, 0.2) is 5.82 Å². The van der Waals surface area contributed by atoms with Gasteiger partial charge in [-0.3, -0.25) is 9.97 Å². The molecule has 0 saturated carbocycles. The van der Waals surface area contributed by atoms with E-state index in [0.29, 0.717) is 18.3 Å². The summed E-state index contributed by atoms with van der Waals surface area (Å²) in [6.07, 6.45) is 4.60. The van der Waals surface area contributed by atoms with Crippen LogP contribution in [0.3, 0.4) is 0 Å². The summed E-state index contributed by atoms with van der Waals surface area (Å²) in [5.41, 5.74) is 6.10. The van der Waals surface area contributed by atoms with E-state index in [1.165, 1.54) is 5.56 Å². The van der Waals surface area contributed by atoms with Gasteiger partial charge >= 0.3 is 0 Å². The highest BCUT2D eigenvalue weighted by atomic mass is 16.5. The highest BCUT2D eigenvalue weighted by Gasteiger charge is 2.25. The molecule has 3 aromatic rings. The van der Waals surface area contributed by atoms with Gasteiger partial charge in [0.05, 0.1) is 11.4 Å².